The summed E-state index contributed by atoms with van der Waals surface area (Å²) in [5, 5.41) is 3.37. The first-order valence-electron chi connectivity index (χ1n) is 4.75. The number of amides is 2. The second-order valence-electron chi connectivity index (χ2n) is 3.47. The van der Waals surface area contributed by atoms with Crippen molar-refractivity contribution in [3.63, 3.8) is 0 Å². The van der Waals surface area contributed by atoms with Crippen LogP contribution in [0.5, 0.6) is 0 Å². The van der Waals surface area contributed by atoms with Gasteiger partial charge < -0.3 is 0 Å². The lowest BCUT2D eigenvalue weighted by atomic mass is 10.2. The zero-order chi connectivity index (χ0) is 11.1. The van der Waals surface area contributed by atoms with E-state index in [0.717, 1.165) is 4.90 Å². The van der Waals surface area contributed by atoms with Gasteiger partial charge in [0.1, 0.15) is 0 Å². The molecule has 3 rings (SSSR count). The Morgan fingerprint density at radius 2 is 2.00 bits per heavy atom. The molecule has 1 N–H and O–H groups in total. The molecular formula is C9H8N2O4S. The summed E-state index contributed by atoms with van der Waals surface area (Å²) in [7, 11) is 0. The Morgan fingerprint density at radius 3 is 2.56 bits per heavy atom. The van der Waals surface area contributed by atoms with E-state index in [1.165, 1.54) is 11.3 Å². The summed E-state index contributed by atoms with van der Waals surface area (Å²) in [6.45, 7) is 0.397. The third-order valence-corrected chi connectivity index (χ3v) is 3.30. The van der Waals surface area contributed by atoms with Crippen molar-refractivity contribution in [2.24, 2.45) is 0 Å². The van der Waals surface area contributed by atoms with Crippen molar-refractivity contribution in [2.75, 3.05) is 6.61 Å². The Morgan fingerprint density at radius 1 is 1.31 bits per heavy atom. The van der Waals surface area contributed by atoms with Crippen LogP contribution in [0.2, 0.25) is 0 Å². The van der Waals surface area contributed by atoms with Gasteiger partial charge in [0.05, 0.1) is 17.7 Å². The predicted octanol–water partition coefficient (Wildman–Crippen LogP) is 0.527. The van der Waals surface area contributed by atoms with Crippen molar-refractivity contribution in [3.8, 4) is 0 Å². The lowest BCUT2D eigenvalue weighted by Crippen LogP contribution is -2.47. The van der Waals surface area contributed by atoms with Gasteiger partial charge in [-0.25, -0.2) is 4.90 Å². The van der Waals surface area contributed by atoms with Gasteiger partial charge in [-0.15, -0.1) is 0 Å². The van der Waals surface area contributed by atoms with Crippen LogP contribution in [0.1, 0.15) is 27.1 Å². The maximum atomic E-state index is 11.9. The average Bonchev–Trinajstić information content (AvgIpc) is 2.86. The monoisotopic (exact) mass is 240 g/mol. The maximum Gasteiger partial charge on any atom is 0.264 e. The van der Waals surface area contributed by atoms with Gasteiger partial charge in [0.25, 0.3) is 11.8 Å². The third-order valence-electron chi connectivity index (χ3n) is 2.56. The van der Waals surface area contributed by atoms with Crippen LogP contribution in [-0.4, -0.2) is 29.5 Å². The van der Waals surface area contributed by atoms with E-state index in [9.17, 15) is 9.59 Å². The molecule has 1 fully saturated rings. The Labute approximate surface area is 94.7 Å². The van der Waals surface area contributed by atoms with Crippen LogP contribution in [0.4, 0.5) is 0 Å². The number of imide groups is 1. The van der Waals surface area contributed by atoms with E-state index in [1.807, 2.05) is 0 Å². The van der Waals surface area contributed by atoms with Crippen molar-refractivity contribution in [1.29, 1.82) is 0 Å². The molecule has 16 heavy (non-hydrogen) atoms. The number of hydrogen-bond acceptors (Lipinski definition) is 6. The second-order valence-corrected chi connectivity index (χ2v) is 4.22. The Bertz CT molecular complexity index is 422. The molecule has 1 atom stereocenters. The summed E-state index contributed by atoms with van der Waals surface area (Å²) in [5.41, 5.74) is 3.15. The summed E-state index contributed by atoms with van der Waals surface area (Å²) < 4.78 is 0. The number of nitrogens with zero attached hydrogens (tertiary/aromatic N) is 1. The van der Waals surface area contributed by atoms with E-state index >= 15 is 0 Å². The van der Waals surface area contributed by atoms with Crippen LogP contribution in [0, 0.1) is 0 Å². The molecule has 0 radical (unpaired) electrons. The van der Waals surface area contributed by atoms with E-state index in [4.69, 9.17) is 9.68 Å². The van der Waals surface area contributed by atoms with Crippen LogP contribution in [-0.2, 0) is 9.68 Å². The first-order chi connectivity index (χ1) is 7.79. The van der Waals surface area contributed by atoms with Crippen molar-refractivity contribution in [1.82, 2.24) is 10.5 Å². The van der Waals surface area contributed by atoms with Gasteiger partial charge in [0, 0.05) is 17.2 Å². The minimum atomic E-state index is -0.592. The van der Waals surface area contributed by atoms with Crippen LogP contribution < -0.4 is 5.64 Å². The fraction of sp³-hybridized carbons (Fsp3) is 0.333. The third kappa shape index (κ3) is 1.30. The summed E-state index contributed by atoms with van der Waals surface area (Å²) >= 11 is 1.35. The Hall–Kier alpha value is -1.28. The lowest BCUT2D eigenvalue weighted by Gasteiger charge is -2.28. The standard InChI is InChI=1S/C9H8N2O4S/c12-8-5-3-16-4-6(5)9(13)11(8)7-1-2-14-10-15-7/h3-4,7,10H,1-2H2. The van der Waals surface area contributed by atoms with E-state index < -0.39 is 6.23 Å². The first kappa shape index (κ1) is 9.91. The van der Waals surface area contributed by atoms with Crippen molar-refractivity contribution in [3.05, 3.63) is 21.9 Å². The maximum absolute atomic E-state index is 11.9. The first-order valence-corrected chi connectivity index (χ1v) is 5.70. The van der Waals surface area contributed by atoms with Gasteiger partial charge in [-0.3, -0.25) is 19.3 Å². The van der Waals surface area contributed by atoms with Crippen molar-refractivity contribution in [2.45, 2.75) is 12.6 Å². The van der Waals surface area contributed by atoms with Gasteiger partial charge in [0.2, 0.25) is 0 Å². The summed E-state index contributed by atoms with van der Waals surface area (Å²) in [5.74, 6) is -0.593. The second kappa shape index (κ2) is 3.63. The fourth-order valence-corrected chi connectivity index (χ4v) is 2.57. The number of rotatable bonds is 1. The molecule has 7 heteroatoms. The molecule has 2 amide bonds. The molecular weight excluding hydrogens is 232 g/mol. The normalized spacial score (nSPS) is 25.0. The molecule has 2 aliphatic rings. The highest BCUT2D eigenvalue weighted by atomic mass is 32.1. The lowest BCUT2D eigenvalue weighted by molar-refractivity contribution is -0.259. The van der Waals surface area contributed by atoms with Gasteiger partial charge in [-0.05, 0) is 0 Å². The number of thiophene rings is 1. The highest BCUT2D eigenvalue weighted by Gasteiger charge is 2.42. The molecule has 0 saturated carbocycles. The molecule has 6 nitrogen and oxygen atoms in total. The number of carbonyl (C=O) groups is 2. The minimum Gasteiger partial charge on any atom is -0.276 e. The highest BCUT2D eigenvalue weighted by Crippen LogP contribution is 2.29. The van der Waals surface area contributed by atoms with Gasteiger partial charge in [-0.2, -0.15) is 11.3 Å². The summed E-state index contributed by atoms with van der Waals surface area (Å²) in [6.07, 6.45) is -0.121. The Kier molecular flexibility index (Phi) is 2.25. The van der Waals surface area contributed by atoms with E-state index in [2.05, 4.69) is 5.64 Å². The van der Waals surface area contributed by atoms with Gasteiger partial charge >= 0.3 is 0 Å². The van der Waals surface area contributed by atoms with Crippen LogP contribution in [0.15, 0.2) is 10.8 Å². The highest BCUT2D eigenvalue weighted by molar-refractivity contribution is 7.08. The molecule has 2 aliphatic heterocycles. The van der Waals surface area contributed by atoms with Gasteiger partial charge in [0.15, 0.2) is 6.23 Å². The minimum absolute atomic E-state index is 0.296. The molecule has 84 valence electrons. The fourth-order valence-electron chi connectivity index (χ4n) is 1.77. The molecule has 1 aromatic heterocycles. The molecule has 1 saturated heterocycles. The van der Waals surface area contributed by atoms with E-state index in [-0.39, 0.29) is 11.8 Å². The van der Waals surface area contributed by atoms with Crippen LogP contribution >= 0.6 is 11.3 Å². The quantitative estimate of drug-likeness (QED) is 0.725. The average molecular weight is 240 g/mol. The number of nitrogens with one attached hydrogen (secondary N) is 1. The van der Waals surface area contributed by atoms with E-state index in [0.29, 0.717) is 24.2 Å². The molecule has 3 heterocycles. The van der Waals surface area contributed by atoms with Crippen LogP contribution in [0.25, 0.3) is 0 Å². The smallest absolute Gasteiger partial charge is 0.264 e. The number of carbonyl (C=O) groups excluding carboxylic acids is 2. The zero-order valence-electron chi connectivity index (χ0n) is 8.13. The topological polar surface area (TPSA) is 67.9 Å². The van der Waals surface area contributed by atoms with Crippen molar-refractivity contribution < 1.29 is 19.3 Å². The van der Waals surface area contributed by atoms with Crippen LogP contribution in [0.3, 0.4) is 0 Å². The van der Waals surface area contributed by atoms with Crippen molar-refractivity contribution >= 4 is 23.2 Å². The number of fused-ring (bicyclic) bond motifs is 1. The molecule has 0 aliphatic carbocycles. The van der Waals surface area contributed by atoms with Gasteiger partial charge in [-0.1, -0.05) is 5.64 Å². The predicted molar refractivity (Wildman–Crippen MR) is 53.4 cm³/mol. The zero-order valence-corrected chi connectivity index (χ0v) is 8.95. The number of hydrogen-bond donors (Lipinski definition) is 1. The molecule has 1 aromatic rings. The molecule has 0 spiro atoms. The Balaban J connectivity index is 1.91. The largest absolute Gasteiger partial charge is 0.276 e. The SMILES string of the molecule is O=C1c2cscc2C(=O)N1C1CCONO1. The summed E-state index contributed by atoms with van der Waals surface area (Å²) in [6, 6.07) is 0. The molecule has 0 aromatic carbocycles. The molecule has 0 bridgehead atoms. The van der Waals surface area contributed by atoms with E-state index in [1.54, 1.807) is 10.8 Å². The molecule has 1 unspecified atom stereocenters. The summed E-state index contributed by atoms with van der Waals surface area (Å²) in [4.78, 5) is 34.8.